The molecular weight excluding hydrogens is 254 g/mol. The highest BCUT2D eigenvalue weighted by Crippen LogP contribution is 2.23. The Morgan fingerprint density at radius 1 is 1.39 bits per heavy atom. The Balaban J connectivity index is 2.18. The van der Waals surface area contributed by atoms with Crippen molar-refractivity contribution in [3.8, 4) is 0 Å². The van der Waals surface area contributed by atoms with E-state index in [1.807, 2.05) is 0 Å². The molecule has 1 aromatic carbocycles. The summed E-state index contributed by atoms with van der Waals surface area (Å²) in [5, 5.41) is 7.96. The molecular formula is C10H15N5O2S. The van der Waals surface area contributed by atoms with E-state index in [1.54, 1.807) is 12.1 Å². The minimum atomic E-state index is -3.71. The van der Waals surface area contributed by atoms with Gasteiger partial charge in [-0.05, 0) is 31.0 Å². The Bertz CT molecular complexity index is 565. The van der Waals surface area contributed by atoms with E-state index in [1.165, 1.54) is 12.1 Å². The van der Waals surface area contributed by atoms with Crippen molar-refractivity contribution in [1.82, 2.24) is 5.43 Å². The summed E-state index contributed by atoms with van der Waals surface area (Å²) < 4.78 is 22.4. The molecule has 0 radical (unpaired) electrons. The van der Waals surface area contributed by atoms with Crippen LogP contribution in [0.2, 0.25) is 0 Å². The maximum atomic E-state index is 11.2. The molecule has 1 fully saturated rings. The molecule has 0 heterocycles. The lowest BCUT2D eigenvalue weighted by molar-refractivity contribution is 0.598. The Morgan fingerprint density at radius 2 is 2.11 bits per heavy atom. The third-order valence-electron chi connectivity index (χ3n) is 2.42. The van der Waals surface area contributed by atoms with E-state index in [4.69, 9.17) is 11.0 Å². The second kappa shape index (κ2) is 4.92. The smallest absolute Gasteiger partial charge is 0.238 e. The van der Waals surface area contributed by atoms with Gasteiger partial charge in [0.2, 0.25) is 16.0 Å². The Hall–Kier alpha value is -1.64. The van der Waals surface area contributed by atoms with Crippen molar-refractivity contribution in [3.63, 3.8) is 0 Å². The van der Waals surface area contributed by atoms with Crippen LogP contribution >= 0.6 is 0 Å². The number of benzene rings is 1. The molecule has 0 atom stereocenters. The van der Waals surface area contributed by atoms with Gasteiger partial charge in [-0.2, -0.15) is 0 Å². The molecule has 98 valence electrons. The first-order valence-corrected chi connectivity index (χ1v) is 6.98. The normalized spacial score (nSPS) is 16.4. The third kappa shape index (κ3) is 3.42. The van der Waals surface area contributed by atoms with Gasteiger partial charge in [0.05, 0.1) is 10.9 Å². The number of rotatable bonds is 3. The summed E-state index contributed by atoms with van der Waals surface area (Å²) >= 11 is 0. The summed E-state index contributed by atoms with van der Waals surface area (Å²) in [6.07, 6.45) is 2.09. The maximum Gasteiger partial charge on any atom is 0.238 e. The summed E-state index contributed by atoms with van der Waals surface area (Å²) in [6, 6.07) is 6.44. The van der Waals surface area contributed by atoms with Crippen molar-refractivity contribution >= 4 is 21.7 Å². The van der Waals surface area contributed by atoms with Gasteiger partial charge >= 0.3 is 0 Å². The van der Waals surface area contributed by atoms with Gasteiger partial charge in [0, 0.05) is 5.69 Å². The molecule has 1 saturated carbocycles. The SMILES string of the molecule is NNC(=NC1CC1)Nc1cccc(S(N)(=O)=O)c1. The van der Waals surface area contributed by atoms with Crippen LogP contribution in [0.5, 0.6) is 0 Å². The minimum Gasteiger partial charge on any atom is -0.325 e. The highest BCUT2D eigenvalue weighted by atomic mass is 32.2. The number of hydrogen-bond acceptors (Lipinski definition) is 4. The zero-order chi connectivity index (χ0) is 13.2. The molecule has 1 aromatic rings. The molecule has 0 bridgehead atoms. The van der Waals surface area contributed by atoms with Gasteiger partial charge in [0.1, 0.15) is 0 Å². The second-order valence-electron chi connectivity index (χ2n) is 4.05. The van der Waals surface area contributed by atoms with Crippen LogP contribution in [0, 0.1) is 0 Å². The number of anilines is 1. The number of aliphatic imine (C=N–C) groups is 1. The van der Waals surface area contributed by atoms with E-state index < -0.39 is 10.0 Å². The van der Waals surface area contributed by atoms with Crippen LogP contribution in [0.1, 0.15) is 12.8 Å². The predicted octanol–water partition coefficient (Wildman–Crippen LogP) is -0.272. The third-order valence-corrected chi connectivity index (χ3v) is 3.33. The van der Waals surface area contributed by atoms with Crippen molar-refractivity contribution in [3.05, 3.63) is 24.3 Å². The Labute approximate surface area is 105 Å². The van der Waals surface area contributed by atoms with Crippen molar-refractivity contribution in [2.45, 2.75) is 23.8 Å². The number of guanidine groups is 1. The molecule has 2 rings (SSSR count). The monoisotopic (exact) mass is 269 g/mol. The van der Waals surface area contributed by atoms with Crippen LogP contribution < -0.4 is 21.7 Å². The van der Waals surface area contributed by atoms with Crippen molar-refractivity contribution in [2.24, 2.45) is 16.0 Å². The van der Waals surface area contributed by atoms with E-state index in [-0.39, 0.29) is 4.90 Å². The number of primary sulfonamides is 1. The minimum absolute atomic E-state index is 0.0373. The summed E-state index contributed by atoms with van der Waals surface area (Å²) in [5.74, 6) is 5.74. The standard InChI is InChI=1S/C10H15N5O2S/c11-15-10(13-7-4-5-7)14-8-2-1-3-9(6-8)18(12,16)17/h1-3,6-7H,4-5,11H2,(H2,12,16,17)(H2,13,14,15). The number of hydrogen-bond donors (Lipinski definition) is 4. The van der Waals surface area contributed by atoms with Crippen LogP contribution in [0.25, 0.3) is 0 Å². The first-order valence-electron chi connectivity index (χ1n) is 5.43. The maximum absolute atomic E-state index is 11.2. The van der Waals surface area contributed by atoms with E-state index in [9.17, 15) is 8.42 Å². The quantitative estimate of drug-likeness (QED) is 0.260. The topological polar surface area (TPSA) is 123 Å². The molecule has 6 N–H and O–H groups in total. The average Bonchev–Trinajstić information content (AvgIpc) is 3.11. The molecule has 0 spiro atoms. The zero-order valence-corrected chi connectivity index (χ0v) is 10.4. The van der Waals surface area contributed by atoms with Gasteiger partial charge in [0.15, 0.2) is 0 Å². The van der Waals surface area contributed by atoms with Gasteiger partial charge in [-0.25, -0.2) is 24.4 Å². The average molecular weight is 269 g/mol. The van der Waals surface area contributed by atoms with Gasteiger partial charge < -0.3 is 5.32 Å². The molecule has 0 aliphatic heterocycles. The van der Waals surface area contributed by atoms with Gasteiger partial charge in [-0.1, -0.05) is 6.07 Å². The fraction of sp³-hybridized carbons (Fsp3) is 0.300. The summed E-state index contributed by atoms with van der Waals surface area (Å²) in [4.78, 5) is 4.32. The zero-order valence-electron chi connectivity index (χ0n) is 9.63. The van der Waals surface area contributed by atoms with E-state index >= 15 is 0 Å². The molecule has 7 nitrogen and oxygen atoms in total. The summed E-state index contributed by atoms with van der Waals surface area (Å²) in [7, 11) is -3.71. The van der Waals surface area contributed by atoms with Crippen LogP contribution in [-0.2, 0) is 10.0 Å². The Morgan fingerprint density at radius 3 is 2.67 bits per heavy atom. The fourth-order valence-electron chi connectivity index (χ4n) is 1.38. The first kappa shape index (κ1) is 12.8. The molecule has 0 aromatic heterocycles. The van der Waals surface area contributed by atoms with Gasteiger partial charge in [-0.15, -0.1) is 0 Å². The number of nitrogens with two attached hydrogens (primary N) is 2. The highest BCUT2D eigenvalue weighted by Gasteiger charge is 2.21. The van der Waals surface area contributed by atoms with Gasteiger partial charge in [0.25, 0.3) is 0 Å². The van der Waals surface area contributed by atoms with E-state index in [0.717, 1.165) is 12.8 Å². The predicted molar refractivity (Wildman–Crippen MR) is 69.2 cm³/mol. The van der Waals surface area contributed by atoms with E-state index in [0.29, 0.717) is 17.7 Å². The van der Waals surface area contributed by atoms with Crippen molar-refractivity contribution < 1.29 is 8.42 Å². The molecule has 8 heteroatoms. The number of sulfonamides is 1. The summed E-state index contributed by atoms with van der Waals surface area (Å²) in [6.45, 7) is 0. The first-order chi connectivity index (χ1) is 8.49. The molecule has 0 saturated heterocycles. The fourth-order valence-corrected chi connectivity index (χ4v) is 1.94. The number of nitrogens with one attached hydrogen (secondary N) is 2. The van der Waals surface area contributed by atoms with Crippen LogP contribution in [0.3, 0.4) is 0 Å². The number of nitrogens with zero attached hydrogens (tertiary/aromatic N) is 1. The number of hydrazine groups is 1. The van der Waals surface area contributed by atoms with Crippen LogP contribution in [0.4, 0.5) is 5.69 Å². The van der Waals surface area contributed by atoms with Crippen molar-refractivity contribution in [2.75, 3.05) is 5.32 Å². The van der Waals surface area contributed by atoms with Crippen molar-refractivity contribution in [1.29, 1.82) is 0 Å². The molecule has 0 amide bonds. The van der Waals surface area contributed by atoms with Crippen LogP contribution in [0.15, 0.2) is 34.2 Å². The molecule has 0 unspecified atom stereocenters. The molecule has 1 aliphatic carbocycles. The second-order valence-corrected chi connectivity index (χ2v) is 5.61. The lowest BCUT2D eigenvalue weighted by atomic mass is 10.3. The summed E-state index contributed by atoms with van der Waals surface area (Å²) in [5.41, 5.74) is 2.99. The Kier molecular flexibility index (Phi) is 3.50. The van der Waals surface area contributed by atoms with E-state index in [2.05, 4.69) is 15.7 Å². The molecule has 1 aliphatic rings. The lowest BCUT2D eigenvalue weighted by Gasteiger charge is -2.09. The largest absolute Gasteiger partial charge is 0.325 e. The van der Waals surface area contributed by atoms with Gasteiger partial charge in [-0.3, -0.25) is 5.43 Å². The molecule has 18 heavy (non-hydrogen) atoms. The highest BCUT2D eigenvalue weighted by molar-refractivity contribution is 7.89. The van der Waals surface area contributed by atoms with Crippen LogP contribution in [-0.4, -0.2) is 20.4 Å². The lowest BCUT2D eigenvalue weighted by Crippen LogP contribution is -2.36.